The highest BCUT2D eigenvalue weighted by molar-refractivity contribution is 6.30. The number of rotatable bonds is 4. The second kappa shape index (κ2) is 5.79. The summed E-state index contributed by atoms with van der Waals surface area (Å²) in [6, 6.07) is 8.35. The van der Waals surface area contributed by atoms with Crippen molar-refractivity contribution < 1.29 is 19.0 Å². The molecule has 104 valence electrons. The topological polar surface area (TPSA) is 72.6 Å². The average molecular weight is 296 g/mol. The van der Waals surface area contributed by atoms with Crippen molar-refractivity contribution in [2.75, 3.05) is 5.73 Å². The fourth-order valence-corrected chi connectivity index (χ4v) is 1.77. The largest absolute Gasteiger partial charge is 0.487 e. The number of hydrogen-bond acceptors (Lipinski definition) is 3. The molecule has 0 aliphatic rings. The summed E-state index contributed by atoms with van der Waals surface area (Å²) in [5.74, 6) is -1.26. The Hall–Kier alpha value is -2.27. The van der Waals surface area contributed by atoms with Crippen LogP contribution in [-0.2, 0) is 6.61 Å². The van der Waals surface area contributed by atoms with Crippen molar-refractivity contribution in [3.8, 4) is 5.75 Å². The Morgan fingerprint density at radius 1 is 1.30 bits per heavy atom. The average Bonchev–Trinajstić information content (AvgIpc) is 2.38. The number of anilines is 1. The van der Waals surface area contributed by atoms with Gasteiger partial charge in [-0.3, -0.25) is 0 Å². The van der Waals surface area contributed by atoms with E-state index in [-0.39, 0.29) is 17.9 Å². The minimum Gasteiger partial charge on any atom is -0.487 e. The molecule has 6 heteroatoms. The molecule has 2 aromatic carbocycles. The molecule has 0 atom stereocenters. The predicted molar refractivity (Wildman–Crippen MR) is 73.6 cm³/mol. The molecule has 0 aliphatic carbocycles. The zero-order valence-corrected chi connectivity index (χ0v) is 11.0. The van der Waals surface area contributed by atoms with Crippen molar-refractivity contribution in [1.29, 1.82) is 0 Å². The van der Waals surface area contributed by atoms with Gasteiger partial charge >= 0.3 is 5.97 Å². The van der Waals surface area contributed by atoms with Crippen LogP contribution in [0.4, 0.5) is 10.1 Å². The number of nitrogen functional groups attached to an aromatic ring is 1. The first kappa shape index (κ1) is 14.1. The summed E-state index contributed by atoms with van der Waals surface area (Å²) in [5, 5.41) is 9.11. The number of aromatic carboxylic acids is 1. The van der Waals surface area contributed by atoms with Crippen LogP contribution in [0.25, 0.3) is 0 Å². The number of benzene rings is 2. The summed E-state index contributed by atoms with van der Waals surface area (Å²) >= 11 is 5.65. The van der Waals surface area contributed by atoms with Crippen molar-refractivity contribution in [3.05, 3.63) is 58.4 Å². The van der Waals surface area contributed by atoms with Crippen LogP contribution in [0.1, 0.15) is 15.9 Å². The van der Waals surface area contributed by atoms with Gasteiger partial charge < -0.3 is 15.6 Å². The molecule has 0 aromatic heterocycles. The first-order valence-corrected chi connectivity index (χ1v) is 6.04. The first-order valence-electron chi connectivity index (χ1n) is 5.67. The molecule has 2 aromatic rings. The van der Waals surface area contributed by atoms with E-state index >= 15 is 0 Å². The van der Waals surface area contributed by atoms with Crippen LogP contribution in [0.2, 0.25) is 5.02 Å². The van der Waals surface area contributed by atoms with E-state index in [4.69, 9.17) is 27.2 Å². The van der Waals surface area contributed by atoms with Crippen molar-refractivity contribution in [1.82, 2.24) is 0 Å². The summed E-state index contributed by atoms with van der Waals surface area (Å²) in [7, 11) is 0. The molecule has 4 nitrogen and oxygen atoms in total. The van der Waals surface area contributed by atoms with Gasteiger partial charge in [0.05, 0.1) is 11.3 Å². The second-order valence-electron chi connectivity index (χ2n) is 4.08. The van der Waals surface area contributed by atoms with E-state index in [9.17, 15) is 9.18 Å². The van der Waals surface area contributed by atoms with Gasteiger partial charge in [0.15, 0.2) is 0 Å². The highest BCUT2D eigenvalue weighted by Crippen LogP contribution is 2.24. The predicted octanol–water partition coefficient (Wildman–Crippen LogP) is 3.34. The molecule has 0 fully saturated rings. The first-order chi connectivity index (χ1) is 9.47. The Kier molecular flexibility index (Phi) is 4.10. The molecule has 0 radical (unpaired) electrons. The molecule has 20 heavy (non-hydrogen) atoms. The standard InChI is InChI=1S/C14H11ClFNO3/c15-10-3-1-9(11(16)6-10)7-20-13-4-2-8(14(18)19)5-12(13)17/h1-6H,7,17H2,(H,18,19). The Labute approximate surface area is 119 Å². The zero-order valence-electron chi connectivity index (χ0n) is 10.3. The van der Waals surface area contributed by atoms with E-state index in [0.717, 1.165) is 0 Å². The number of hydrogen-bond donors (Lipinski definition) is 2. The zero-order chi connectivity index (χ0) is 14.7. The number of halogens is 2. The van der Waals surface area contributed by atoms with Crippen LogP contribution in [0, 0.1) is 5.82 Å². The van der Waals surface area contributed by atoms with Crippen LogP contribution in [0.15, 0.2) is 36.4 Å². The SMILES string of the molecule is Nc1cc(C(=O)O)ccc1OCc1ccc(Cl)cc1F. The maximum absolute atomic E-state index is 13.6. The highest BCUT2D eigenvalue weighted by atomic mass is 35.5. The Morgan fingerprint density at radius 3 is 2.65 bits per heavy atom. The Morgan fingerprint density at radius 2 is 2.05 bits per heavy atom. The third kappa shape index (κ3) is 3.19. The number of carboxylic acid groups (broad SMARTS) is 1. The van der Waals surface area contributed by atoms with Crippen LogP contribution >= 0.6 is 11.6 Å². The van der Waals surface area contributed by atoms with E-state index in [2.05, 4.69) is 0 Å². The van der Waals surface area contributed by atoms with Crippen LogP contribution in [-0.4, -0.2) is 11.1 Å². The number of nitrogens with two attached hydrogens (primary N) is 1. The van der Waals surface area contributed by atoms with Gasteiger partial charge in [-0.05, 0) is 30.3 Å². The maximum atomic E-state index is 13.6. The van der Waals surface area contributed by atoms with E-state index in [0.29, 0.717) is 16.3 Å². The summed E-state index contributed by atoms with van der Waals surface area (Å²) in [5.41, 5.74) is 6.25. The highest BCUT2D eigenvalue weighted by Gasteiger charge is 2.09. The van der Waals surface area contributed by atoms with Crippen LogP contribution < -0.4 is 10.5 Å². The van der Waals surface area contributed by atoms with Gasteiger partial charge in [0.2, 0.25) is 0 Å². The van der Waals surface area contributed by atoms with Crippen molar-refractivity contribution in [3.63, 3.8) is 0 Å². The minimum atomic E-state index is -1.08. The number of carbonyl (C=O) groups is 1. The van der Waals surface area contributed by atoms with Gasteiger partial charge in [-0.2, -0.15) is 0 Å². The van der Waals surface area contributed by atoms with Gasteiger partial charge in [0.1, 0.15) is 18.2 Å². The van der Waals surface area contributed by atoms with E-state index in [1.165, 1.54) is 30.3 Å². The lowest BCUT2D eigenvalue weighted by Gasteiger charge is -2.10. The third-order valence-corrected chi connectivity index (χ3v) is 2.89. The summed E-state index contributed by atoms with van der Waals surface area (Å²) in [6.45, 7) is -0.0282. The summed E-state index contributed by atoms with van der Waals surface area (Å²) in [6.07, 6.45) is 0. The fraction of sp³-hybridized carbons (Fsp3) is 0.0714. The van der Waals surface area contributed by atoms with E-state index < -0.39 is 11.8 Å². The molecule has 0 saturated carbocycles. The van der Waals surface area contributed by atoms with Gasteiger partial charge in [0, 0.05) is 10.6 Å². The molecule has 0 bridgehead atoms. The van der Waals surface area contributed by atoms with Crippen molar-refractivity contribution >= 4 is 23.3 Å². The number of carboxylic acids is 1. The molecule has 3 N–H and O–H groups in total. The molecule has 0 spiro atoms. The van der Waals surface area contributed by atoms with Crippen LogP contribution in [0.5, 0.6) is 5.75 Å². The lowest BCUT2D eigenvalue weighted by atomic mass is 10.2. The molecular formula is C14H11ClFNO3. The van der Waals surface area contributed by atoms with Gasteiger partial charge in [0.25, 0.3) is 0 Å². The lowest BCUT2D eigenvalue weighted by molar-refractivity contribution is 0.0697. The van der Waals surface area contributed by atoms with E-state index in [1.54, 1.807) is 6.07 Å². The quantitative estimate of drug-likeness (QED) is 0.849. The minimum absolute atomic E-state index is 0.0282. The molecule has 2 rings (SSSR count). The van der Waals surface area contributed by atoms with Crippen molar-refractivity contribution in [2.24, 2.45) is 0 Å². The molecule has 0 aliphatic heterocycles. The third-order valence-electron chi connectivity index (χ3n) is 2.66. The monoisotopic (exact) mass is 295 g/mol. The van der Waals surface area contributed by atoms with Gasteiger partial charge in [-0.25, -0.2) is 9.18 Å². The normalized spacial score (nSPS) is 10.3. The Balaban J connectivity index is 2.13. The fourth-order valence-electron chi connectivity index (χ4n) is 1.61. The molecule has 0 saturated heterocycles. The van der Waals surface area contributed by atoms with E-state index in [1.807, 2.05) is 0 Å². The molecule has 0 heterocycles. The molecule has 0 unspecified atom stereocenters. The Bertz CT molecular complexity index is 661. The molecule has 0 amide bonds. The lowest BCUT2D eigenvalue weighted by Crippen LogP contribution is -2.03. The molecular weight excluding hydrogens is 285 g/mol. The number of ether oxygens (including phenoxy) is 1. The maximum Gasteiger partial charge on any atom is 0.335 e. The smallest absolute Gasteiger partial charge is 0.335 e. The van der Waals surface area contributed by atoms with Gasteiger partial charge in [-0.15, -0.1) is 0 Å². The summed E-state index contributed by atoms with van der Waals surface area (Å²) in [4.78, 5) is 10.8. The second-order valence-corrected chi connectivity index (χ2v) is 4.52. The van der Waals surface area contributed by atoms with Crippen LogP contribution in [0.3, 0.4) is 0 Å². The summed E-state index contributed by atoms with van der Waals surface area (Å²) < 4.78 is 18.9. The van der Waals surface area contributed by atoms with Gasteiger partial charge in [-0.1, -0.05) is 17.7 Å². The van der Waals surface area contributed by atoms with Crippen molar-refractivity contribution in [2.45, 2.75) is 6.61 Å².